The molecule has 0 heterocycles. The van der Waals surface area contributed by atoms with Crippen molar-refractivity contribution < 1.29 is 4.74 Å². The van der Waals surface area contributed by atoms with Gasteiger partial charge in [0.2, 0.25) is 0 Å². The maximum Gasteiger partial charge on any atom is 0.146 e. The van der Waals surface area contributed by atoms with Crippen molar-refractivity contribution >= 4 is 11.6 Å². The standard InChI is InChI=1S/C13H11ClO/c1-10-6-2-4-8-12(10)15-13-9-5-3-7-11(13)14/h2-9H,1H3. The van der Waals surface area contributed by atoms with Gasteiger partial charge in [0.1, 0.15) is 11.5 Å². The summed E-state index contributed by atoms with van der Waals surface area (Å²) in [5, 5.41) is 0.626. The molecule has 0 aliphatic rings. The van der Waals surface area contributed by atoms with Crippen molar-refractivity contribution in [3.63, 3.8) is 0 Å². The van der Waals surface area contributed by atoms with E-state index in [1.807, 2.05) is 55.5 Å². The molecule has 0 saturated carbocycles. The average molecular weight is 219 g/mol. The van der Waals surface area contributed by atoms with Crippen molar-refractivity contribution in [3.05, 3.63) is 59.1 Å². The van der Waals surface area contributed by atoms with Crippen molar-refractivity contribution in [3.8, 4) is 11.5 Å². The number of hydrogen-bond acceptors (Lipinski definition) is 1. The fraction of sp³-hybridized carbons (Fsp3) is 0.0769. The van der Waals surface area contributed by atoms with Gasteiger partial charge in [-0.25, -0.2) is 0 Å². The van der Waals surface area contributed by atoms with Crippen LogP contribution >= 0.6 is 11.6 Å². The topological polar surface area (TPSA) is 9.23 Å². The number of para-hydroxylation sites is 2. The molecule has 0 N–H and O–H groups in total. The van der Waals surface area contributed by atoms with Crippen molar-refractivity contribution in [2.24, 2.45) is 0 Å². The molecule has 2 aromatic carbocycles. The molecule has 0 fully saturated rings. The average Bonchev–Trinajstić information content (AvgIpc) is 2.24. The van der Waals surface area contributed by atoms with Gasteiger partial charge in [0.25, 0.3) is 0 Å². The molecule has 2 rings (SSSR count). The van der Waals surface area contributed by atoms with E-state index in [-0.39, 0.29) is 0 Å². The summed E-state index contributed by atoms with van der Waals surface area (Å²) < 4.78 is 5.71. The van der Waals surface area contributed by atoms with Gasteiger partial charge in [-0.05, 0) is 30.7 Å². The van der Waals surface area contributed by atoms with Crippen LogP contribution in [0.1, 0.15) is 5.56 Å². The van der Waals surface area contributed by atoms with Crippen LogP contribution in [-0.4, -0.2) is 0 Å². The first kappa shape index (κ1) is 10.1. The normalized spacial score (nSPS) is 10.0. The predicted molar refractivity (Wildman–Crippen MR) is 62.7 cm³/mol. The Morgan fingerprint density at radius 3 is 2.13 bits per heavy atom. The van der Waals surface area contributed by atoms with E-state index in [2.05, 4.69) is 0 Å². The Hall–Kier alpha value is -1.47. The first-order valence-corrected chi connectivity index (χ1v) is 5.13. The van der Waals surface area contributed by atoms with Crippen LogP contribution < -0.4 is 4.74 Å². The van der Waals surface area contributed by atoms with Crippen LogP contribution in [0.3, 0.4) is 0 Å². The number of aryl methyl sites for hydroxylation is 1. The summed E-state index contributed by atoms with van der Waals surface area (Å²) in [4.78, 5) is 0. The second kappa shape index (κ2) is 4.37. The summed E-state index contributed by atoms with van der Waals surface area (Å²) in [5.41, 5.74) is 1.09. The molecule has 0 radical (unpaired) electrons. The van der Waals surface area contributed by atoms with Crippen molar-refractivity contribution in [1.82, 2.24) is 0 Å². The van der Waals surface area contributed by atoms with Crippen LogP contribution in [0.15, 0.2) is 48.5 Å². The van der Waals surface area contributed by atoms with Gasteiger partial charge in [0, 0.05) is 0 Å². The molecule has 1 nitrogen and oxygen atoms in total. The summed E-state index contributed by atoms with van der Waals surface area (Å²) in [5.74, 6) is 1.53. The minimum absolute atomic E-state index is 0.626. The summed E-state index contributed by atoms with van der Waals surface area (Å²) in [6.07, 6.45) is 0. The molecule has 0 spiro atoms. The number of halogens is 1. The van der Waals surface area contributed by atoms with E-state index >= 15 is 0 Å². The lowest BCUT2D eigenvalue weighted by atomic mass is 10.2. The summed E-state index contributed by atoms with van der Waals surface area (Å²) >= 11 is 6.00. The first-order valence-electron chi connectivity index (χ1n) is 4.75. The number of hydrogen-bond donors (Lipinski definition) is 0. The molecule has 0 bridgehead atoms. The molecule has 0 aliphatic carbocycles. The van der Waals surface area contributed by atoms with E-state index in [4.69, 9.17) is 16.3 Å². The van der Waals surface area contributed by atoms with Crippen LogP contribution in [0.5, 0.6) is 11.5 Å². The molecule has 0 saturated heterocycles. The second-order valence-corrected chi connectivity index (χ2v) is 3.71. The van der Waals surface area contributed by atoms with Crippen LogP contribution in [0, 0.1) is 6.92 Å². The highest BCUT2D eigenvalue weighted by Crippen LogP contribution is 2.30. The minimum Gasteiger partial charge on any atom is -0.456 e. The first-order chi connectivity index (χ1) is 7.27. The van der Waals surface area contributed by atoms with Gasteiger partial charge in [0.15, 0.2) is 0 Å². The van der Waals surface area contributed by atoms with Crippen LogP contribution in [0.4, 0.5) is 0 Å². The third kappa shape index (κ3) is 2.31. The zero-order valence-electron chi connectivity index (χ0n) is 8.41. The fourth-order valence-corrected chi connectivity index (χ4v) is 1.49. The molecule has 0 atom stereocenters. The number of rotatable bonds is 2. The molecular weight excluding hydrogens is 208 g/mol. The molecule has 0 aromatic heterocycles. The molecule has 76 valence electrons. The predicted octanol–water partition coefficient (Wildman–Crippen LogP) is 4.44. The van der Waals surface area contributed by atoms with Gasteiger partial charge < -0.3 is 4.74 Å². The number of benzene rings is 2. The Balaban J connectivity index is 2.30. The summed E-state index contributed by atoms with van der Waals surface area (Å²) in [6.45, 7) is 2.01. The summed E-state index contributed by atoms with van der Waals surface area (Å²) in [6, 6.07) is 15.3. The zero-order valence-corrected chi connectivity index (χ0v) is 9.16. The van der Waals surface area contributed by atoms with E-state index < -0.39 is 0 Å². The molecule has 15 heavy (non-hydrogen) atoms. The second-order valence-electron chi connectivity index (χ2n) is 3.30. The van der Waals surface area contributed by atoms with Gasteiger partial charge in [0.05, 0.1) is 5.02 Å². The van der Waals surface area contributed by atoms with Crippen LogP contribution in [-0.2, 0) is 0 Å². The Bertz CT molecular complexity index is 422. The lowest BCUT2D eigenvalue weighted by Gasteiger charge is -2.09. The maximum atomic E-state index is 6.00. The van der Waals surface area contributed by atoms with Gasteiger partial charge in [-0.15, -0.1) is 0 Å². The Morgan fingerprint density at radius 1 is 0.867 bits per heavy atom. The van der Waals surface area contributed by atoms with Crippen LogP contribution in [0.2, 0.25) is 5.02 Å². The Labute approximate surface area is 94.3 Å². The molecule has 0 unspecified atom stereocenters. The number of ether oxygens (including phenoxy) is 1. The highest BCUT2D eigenvalue weighted by molar-refractivity contribution is 6.32. The lowest BCUT2D eigenvalue weighted by molar-refractivity contribution is 0.479. The largest absolute Gasteiger partial charge is 0.456 e. The third-order valence-corrected chi connectivity index (χ3v) is 2.46. The highest BCUT2D eigenvalue weighted by atomic mass is 35.5. The Kier molecular flexibility index (Phi) is 2.93. The third-order valence-electron chi connectivity index (χ3n) is 2.15. The summed E-state index contributed by atoms with van der Waals surface area (Å²) in [7, 11) is 0. The Morgan fingerprint density at radius 2 is 1.47 bits per heavy atom. The molecule has 0 aliphatic heterocycles. The minimum atomic E-state index is 0.626. The smallest absolute Gasteiger partial charge is 0.146 e. The van der Waals surface area contributed by atoms with Gasteiger partial charge in [-0.2, -0.15) is 0 Å². The van der Waals surface area contributed by atoms with E-state index in [0.29, 0.717) is 10.8 Å². The fourth-order valence-electron chi connectivity index (χ4n) is 1.32. The molecule has 0 amide bonds. The van der Waals surface area contributed by atoms with Crippen molar-refractivity contribution in [2.75, 3.05) is 0 Å². The molecule has 2 heteroatoms. The highest BCUT2D eigenvalue weighted by Gasteiger charge is 2.03. The van der Waals surface area contributed by atoms with E-state index in [1.54, 1.807) is 0 Å². The van der Waals surface area contributed by atoms with E-state index in [0.717, 1.165) is 11.3 Å². The zero-order chi connectivity index (χ0) is 10.7. The maximum absolute atomic E-state index is 6.00. The molecular formula is C13H11ClO. The van der Waals surface area contributed by atoms with Crippen molar-refractivity contribution in [2.45, 2.75) is 6.92 Å². The molecule has 2 aromatic rings. The van der Waals surface area contributed by atoms with Crippen LogP contribution in [0.25, 0.3) is 0 Å². The van der Waals surface area contributed by atoms with Gasteiger partial charge >= 0.3 is 0 Å². The van der Waals surface area contributed by atoms with Crippen molar-refractivity contribution in [1.29, 1.82) is 0 Å². The van der Waals surface area contributed by atoms with E-state index in [1.165, 1.54) is 0 Å². The van der Waals surface area contributed by atoms with Gasteiger partial charge in [-0.3, -0.25) is 0 Å². The van der Waals surface area contributed by atoms with E-state index in [9.17, 15) is 0 Å². The lowest BCUT2D eigenvalue weighted by Crippen LogP contribution is -1.87. The SMILES string of the molecule is Cc1ccccc1Oc1ccccc1Cl. The monoisotopic (exact) mass is 218 g/mol. The quantitative estimate of drug-likeness (QED) is 0.724. The van der Waals surface area contributed by atoms with Gasteiger partial charge in [-0.1, -0.05) is 41.9 Å².